The lowest BCUT2D eigenvalue weighted by atomic mass is 10.1. The molecule has 0 fully saturated rings. The molecule has 18 heavy (non-hydrogen) atoms. The van der Waals surface area contributed by atoms with Crippen molar-refractivity contribution in [3.05, 3.63) is 0 Å². The molecule has 0 heterocycles. The van der Waals surface area contributed by atoms with Crippen molar-refractivity contribution in [1.82, 2.24) is 4.72 Å². The van der Waals surface area contributed by atoms with Crippen LogP contribution in [-0.4, -0.2) is 33.3 Å². The van der Waals surface area contributed by atoms with E-state index in [9.17, 15) is 13.2 Å². The van der Waals surface area contributed by atoms with Crippen molar-refractivity contribution >= 4 is 16.0 Å². The average molecular weight is 279 g/mol. The van der Waals surface area contributed by atoms with Crippen LogP contribution in [0.5, 0.6) is 0 Å². The Morgan fingerprint density at radius 2 is 1.72 bits per heavy atom. The molecule has 108 valence electrons. The molecule has 0 aliphatic heterocycles. The van der Waals surface area contributed by atoms with Gasteiger partial charge in [-0.1, -0.05) is 27.7 Å². The van der Waals surface area contributed by atoms with Crippen molar-refractivity contribution in [1.29, 1.82) is 0 Å². The number of carbonyl (C=O) groups is 1. The summed E-state index contributed by atoms with van der Waals surface area (Å²) >= 11 is 0. The Morgan fingerprint density at radius 1 is 1.17 bits per heavy atom. The van der Waals surface area contributed by atoms with Gasteiger partial charge in [-0.3, -0.25) is 4.79 Å². The van der Waals surface area contributed by atoms with E-state index in [2.05, 4.69) is 9.46 Å². The topological polar surface area (TPSA) is 72.5 Å². The predicted molar refractivity (Wildman–Crippen MR) is 71.6 cm³/mol. The van der Waals surface area contributed by atoms with Gasteiger partial charge in [0.05, 0.1) is 12.9 Å². The number of hydrogen-bond donors (Lipinski definition) is 1. The molecule has 1 atom stereocenters. The van der Waals surface area contributed by atoms with E-state index in [0.717, 1.165) is 0 Å². The second-order valence-electron chi connectivity index (χ2n) is 5.32. The maximum atomic E-state index is 11.8. The van der Waals surface area contributed by atoms with Gasteiger partial charge in [0.2, 0.25) is 10.0 Å². The van der Waals surface area contributed by atoms with E-state index in [1.54, 1.807) is 0 Å². The SMILES string of the molecule is COC(=O)C(CC(C)C)NS(=O)(=O)CCC(C)C. The minimum Gasteiger partial charge on any atom is -0.468 e. The molecule has 1 unspecified atom stereocenters. The highest BCUT2D eigenvalue weighted by atomic mass is 32.2. The van der Waals surface area contributed by atoms with Crippen LogP contribution in [0.2, 0.25) is 0 Å². The highest BCUT2D eigenvalue weighted by molar-refractivity contribution is 7.89. The third-order valence-corrected chi connectivity index (χ3v) is 3.90. The lowest BCUT2D eigenvalue weighted by Gasteiger charge is -2.18. The summed E-state index contributed by atoms with van der Waals surface area (Å²) in [4.78, 5) is 11.5. The van der Waals surface area contributed by atoms with E-state index in [1.807, 2.05) is 27.7 Å². The third-order valence-electron chi connectivity index (χ3n) is 2.48. The molecular weight excluding hydrogens is 254 g/mol. The molecule has 1 N–H and O–H groups in total. The van der Waals surface area contributed by atoms with Crippen LogP contribution in [0.1, 0.15) is 40.5 Å². The number of methoxy groups -OCH3 is 1. The molecular formula is C12H25NO4S. The number of rotatable bonds is 8. The van der Waals surface area contributed by atoms with Crippen molar-refractivity contribution in [3.8, 4) is 0 Å². The van der Waals surface area contributed by atoms with Gasteiger partial charge in [0, 0.05) is 0 Å². The zero-order chi connectivity index (χ0) is 14.3. The molecule has 6 heteroatoms. The summed E-state index contributed by atoms with van der Waals surface area (Å²) in [5.74, 6) is 0.0259. The van der Waals surface area contributed by atoms with Crippen LogP contribution < -0.4 is 4.72 Å². The van der Waals surface area contributed by atoms with Gasteiger partial charge in [0.1, 0.15) is 6.04 Å². The Balaban J connectivity index is 4.60. The summed E-state index contributed by atoms with van der Waals surface area (Å²) in [5.41, 5.74) is 0. The highest BCUT2D eigenvalue weighted by Gasteiger charge is 2.25. The van der Waals surface area contributed by atoms with Crippen LogP contribution in [0, 0.1) is 11.8 Å². The standard InChI is InChI=1S/C12H25NO4S/c1-9(2)6-7-18(15,16)13-11(8-10(3)4)12(14)17-5/h9-11,13H,6-8H2,1-5H3. The summed E-state index contributed by atoms with van der Waals surface area (Å²) < 4.78 is 30.7. The molecule has 0 rings (SSSR count). The number of hydrogen-bond acceptors (Lipinski definition) is 4. The van der Waals surface area contributed by atoms with Crippen molar-refractivity contribution in [2.24, 2.45) is 11.8 Å². The van der Waals surface area contributed by atoms with Crippen molar-refractivity contribution in [2.45, 2.75) is 46.6 Å². The van der Waals surface area contributed by atoms with Crippen LogP contribution in [0.25, 0.3) is 0 Å². The Bertz CT molecular complexity index is 349. The number of ether oxygens (including phenoxy) is 1. The highest BCUT2D eigenvalue weighted by Crippen LogP contribution is 2.09. The fourth-order valence-corrected chi connectivity index (χ4v) is 3.00. The van der Waals surface area contributed by atoms with Gasteiger partial charge in [-0.25, -0.2) is 13.1 Å². The van der Waals surface area contributed by atoms with Gasteiger partial charge >= 0.3 is 5.97 Å². The Labute approximate surface area is 110 Å². The molecule has 0 amide bonds. The van der Waals surface area contributed by atoms with Crippen LogP contribution in [0.15, 0.2) is 0 Å². The fraction of sp³-hybridized carbons (Fsp3) is 0.917. The van der Waals surface area contributed by atoms with Gasteiger partial charge in [0.25, 0.3) is 0 Å². The number of esters is 1. The minimum absolute atomic E-state index is 0.0380. The normalized spacial score (nSPS) is 13.9. The maximum Gasteiger partial charge on any atom is 0.323 e. The monoisotopic (exact) mass is 279 g/mol. The second kappa shape index (κ2) is 7.74. The van der Waals surface area contributed by atoms with Crippen molar-refractivity contribution in [3.63, 3.8) is 0 Å². The quantitative estimate of drug-likeness (QED) is 0.684. The van der Waals surface area contributed by atoms with Gasteiger partial charge in [0.15, 0.2) is 0 Å². The van der Waals surface area contributed by atoms with Gasteiger partial charge in [-0.2, -0.15) is 0 Å². The number of carbonyl (C=O) groups excluding carboxylic acids is 1. The first kappa shape index (κ1) is 17.4. The van der Waals surface area contributed by atoms with E-state index in [0.29, 0.717) is 18.8 Å². The number of nitrogens with one attached hydrogen (secondary N) is 1. The van der Waals surface area contributed by atoms with E-state index >= 15 is 0 Å². The van der Waals surface area contributed by atoms with E-state index in [1.165, 1.54) is 7.11 Å². The number of sulfonamides is 1. The Kier molecular flexibility index (Phi) is 7.47. The first-order valence-corrected chi connectivity index (χ1v) is 7.91. The molecule has 0 aliphatic rings. The molecule has 0 aromatic carbocycles. The summed E-state index contributed by atoms with van der Waals surface area (Å²) in [6.45, 7) is 7.78. The molecule has 5 nitrogen and oxygen atoms in total. The molecule has 0 spiro atoms. The summed E-state index contributed by atoms with van der Waals surface area (Å²) in [7, 11) is -2.17. The predicted octanol–water partition coefficient (Wildman–Crippen LogP) is 1.54. The summed E-state index contributed by atoms with van der Waals surface area (Å²) in [6.07, 6.45) is 1.01. The van der Waals surface area contributed by atoms with Crippen LogP contribution in [-0.2, 0) is 19.6 Å². The summed E-state index contributed by atoms with van der Waals surface area (Å²) in [5, 5.41) is 0. The van der Waals surface area contributed by atoms with Gasteiger partial charge in [-0.05, 0) is 24.7 Å². The molecule has 0 aromatic rings. The van der Waals surface area contributed by atoms with Gasteiger partial charge in [-0.15, -0.1) is 0 Å². The molecule has 0 radical (unpaired) electrons. The average Bonchev–Trinajstić information content (AvgIpc) is 2.23. The molecule has 0 bridgehead atoms. The fourth-order valence-electron chi connectivity index (χ4n) is 1.47. The first-order chi connectivity index (χ1) is 8.18. The van der Waals surface area contributed by atoms with Crippen molar-refractivity contribution < 1.29 is 17.9 Å². The Morgan fingerprint density at radius 3 is 2.11 bits per heavy atom. The lowest BCUT2D eigenvalue weighted by Crippen LogP contribution is -2.43. The zero-order valence-corrected chi connectivity index (χ0v) is 12.7. The molecule has 0 aromatic heterocycles. The van der Waals surface area contributed by atoms with Crippen LogP contribution in [0.4, 0.5) is 0 Å². The minimum atomic E-state index is -3.43. The van der Waals surface area contributed by atoms with E-state index in [4.69, 9.17) is 0 Å². The lowest BCUT2D eigenvalue weighted by molar-refractivity contribution is -0.143. The molecule has 0 saturated heterocycles. The molecule has 0 saturated carbocycles. The molecule has 0 aliphatic carbocycles. The van der Waals surface area contributed by atoms with Crippen molar-refractivity contribution in [2.75, 3.05) is 12.9 Å². The van der Waals surface area contributed by atoms with Crippen LogP contribution in [0.3, 0.4) is 0 Å². The van der Waals surface area contributed by atoms with E-state index < -0.39 is 22.0 Å². The van der Waals surface area contributed by atoms with Gasteiger partial charge < -0.3 is 4.74 Å². The first-order valence-electron chi connectivity index (χ1n) is 6.25. The third kappa shape index (κ3) is 7.66. The summed E-state index contributed by atoms with van der Waals surface area (Å²) in [6, 6.07) is -0.785. The Hall–Kier alpha value is -0.620. The van der Waals surface area contributed by atoms with E-state index in [-0.39, 0.29) is 11.7 Å². The largest absolute Gasteiger partial charge is 0.468 e. The van der Waals surface area contributed by atoms with Crippen LogP contribution >= 0.6 is 0 Å². The maximum absolute atomic E-state index is 11.8. The zero-order valence-electron chi connectivity index (χ0n) is 11.9. The smallest absolute Gasteiger partial charge is 0.323 e. The second-order valence-corrected chi connectivity index (χ2v) is 7.20.